The highest BCUT2D eigenvalue weighted by Gasteiger charge is 2.53. The highest BCUT2D eigenvalue weighted by Crippen LogP contribution is 2.57. The minimum atomic E-state index is -0.380. The predicted molar refractivity (Wildman–Crippen MR) is 72.6 cm³/mol. The fourth-order valence-corrected chi connectivity index (χ4v) is 4.52. The lowest BCUT2D eigenvalue weighted by atomic mass is 9.72. The van der Waals surface area contributed by atoms with Gasteiger partial charge in [0, 0.05) is 0 Å². The molecule has 2 saturated carbocycles. The maximum absolute atomic E-state index is 12.4. The van der Waals surface area contributed by atoms with Crippen LogP contribution in [0.15, 0.2) is 12.2 Å². The van der Waals surface area contributed by atoms with Crippen LogP contribution in [-0.2, 0) is 19.1 Å². The van der Waals surface area contributed by atoms with Crippen LogP contribution >= 0.6 is 0 Å². The summed E-state index contributed by atoms with van der Waals surface area (Å²) < 4.78 is 10.3. The molecule has 3 aliphatic rings. The van der Waals surface area contributed by atoms with Crippen LogP contribution in [0.3, 0.4) is 0 Å². The molecule has 4 nitrogen and oxygen atoms in total. The van der Waals surface area contributed by atoms with Crippen molar-refractivity contribution in [2.24, 2.45) is 29.6 Å². The Balaban J connectivity index is 1.65. The molecule has 4 heteroatoms. The average Bonchev–Trinajstić information content (AvgIpc) is 3.03. The quantitative estimate of drug-likeness (QED) is 0.587. The van der Waals surface area contributed by atoms with Gasteiger partial charge >= 0.3 is 11.9 Å². The Morgan fingerprint density at radius 3 is 2.70 bits per heavy atom. The van der Waals surface area contributed by atoms with Gasteiger partial charge < -0.3 is 9.47 Å². The molecule has 0 N–H and O–H groups in total. The number of carbonyl (C=O) groups is 2. The third kappa shape index (κ3) is 2.15. The maximum atomic E-state index is 12.4. The second-order valence-corrected chi connectivity index (χ2v) is 6.68. The van der Waals surface area contributed by atoms with Gasteiger partial charge in [0.05, 0.1) is 12.3 Å². The molecule has 1 heterocycles. The first kappa shape index (κ1) is 13.7. The van der Waals surface area contributed by atoms with Gasteiger partial charge in [0.25, 0.3) is 0 Å². The van der Waals surface area contributed by atoms with Crippen LogP contribution in [0.1, 0.15) is 33.1 Å². The monoisotopic (exact) mass is 278 g/mol. The van der Waals surface area contributed by atoms with E-state index in [4.69, 9.17) is 9.47 Å². The summed E-state index contributed by atoms with van der Waals surface area (Å²) in [6.07, 6.45) is 1.86. The molecule has 0 radical (unpaired) electrons. The van der Waals surface area contributed by atoms with Crippen LogP contribution in [-0.4, -0.2) is 24.6 Å². The summed E-state index contributed by atoms with van der Waals surface area (Å²) in [5, 5.41) is 0. The molecule has 2 aliphatic carbocycles. The highest BCUT2D eigenvalue weighted by atomic mass is 16.6. The van der Waals surface area contributed by atoms with Gasteiger partial charge in [-0.05, 0) is 43.4 Å². The van der Waals surface area contributed by atoms with Crippen molar-refractivity contribution in [2.75, 3.05) is 6.61 Å². The Kier molecular flexibility index (Phi) is 3.35. The number of fused-ring (bicyclic) bond motifs is 2. The first-order valence-electron chi connectivity index (χ1n) is 7.49. The molecule has 0 amide bonds. The van der Waals surface area contributed by atoms with Gasteiger partial charge in [-0.15, -0.1) is 0 Å². The second kappa shape index (κ2) is 4.90. The Hall–Kier alpha value is -1.32. The molecule has 3 fully saturated rings. The minimum Gasteiger partial charge on any atom is -0.462 e. The van der Waals surface area contributed by atoms with Gasteiger partial charge in [0.2, 0.25) is 0 Å². The number of rotatable bonds is 3. The normalized spacial score (nSPS) is 42.6. The summed E-state index contributed by atoms with van der Waals surface area (Å²) in [4.78, 5) is 23.4. The predicted octanol–water partition coefficient (Wildman–Crippen LogP) is 2.33. The Labute approximate surface area is 119 Å². The van der Waals surface area contributed by atoms with E-state index < -0.39 is 0 Å². The van der Waals surface area contributed by atoms with E-state index in [0.717, 1.165) is 12.8 Å². The van der Waals surface area contributed by atoms with Gasteiger partial charge in [-0.2, -0.15) is 0 Å². The van der Waals surface area contributed by atoms with Crippen LogP contribution in [0.25, 0.3) is 0 Å². The summed E-state index contributed by atoms with van der Waals surface area (Å²) >= 11 is 0. The summed E-state index contributed by atoms with van der Waals surface area (Å²) in [6, 6.07) is 0. The summed E-state index contributed by atoms with van der Waals surface area (Å²) in [5.41, 5.74) is 1.18. The molecular weight excluding hydrogens is 256 g/mol. The van der Waals surface area contributed by atoms with Gasteiger partial charge in [0.15, 0.2) is 0 Å². The first-order valence-corrected chi connectivity index (χ1v) is 7.49. The van der Waals surface area contributed by atoms with Crippen molar-refractivity contribution in [1.29, 1.82) is 0 Å². The molecule has 3 rings (SSSR count). The molecule has 1 saturated heterocycles. The zero-order chi connectivity index (χ0) is 14.4. The van der Waals surface area contributed by atoms with Crippen molar-refractivity contribution in [1.82, 2.24) is 0 Å². The van der Waals surface area contributed by atoms with Crippen LogP contribution in [0.5, 0.6) is 0 Å². The third-order valence-electron chi connectivity index (χ3n) is 5.40. The SMILES string of the molecule is C=C(C)C1C2CC(CC2C(=O)OC2COC(=O)C2)[C@H]1C. The Morgan fingerprint density at radius 1 is 1.40 bits per heavy atom. The lowest BCUT2D eigenvalue weighted by Crippen LogP contribution is -2.34. The van der Waals surface area contributed by atoms with E-state index >= 15 is 0 Å². The highest BCUT2D eigenvalue weighted by molar-refractivity contribution is 5.76. The van der Waals surface area contributed by atoms with E-state index in [9.17, 15) is 9.59 Å². The molecule has 5 unspecified atom stereocenters. The number of allylic oxidation sites excluding steroid dienone is 1. The Morgan fingerprint density at radius 2 is 2.15 bits per heavy atom. The van der Waals surface area contributed by atoms with E-state index in [0.29, 0.717) is 23.7 Å². The second-order valence-electron chi connectivity index (χ2n) is 6.68. The third-order valence-corrected chi connectivity index (χ3v) is 5.40. The van der Waals surface area contributed by atoms with Crippen LogP contribution < -0.4 is 0 Å². The minimum absolute atomic E-state index is 0.0198. The maximum Gasteiger partial charge on any atom is 0.309 e. The molecular formula is C16H22O4. The van der Waals surface area contributed by atoms with Crippen molar-refractivity contribution in [3.63, 3.8) is 0 Å². The standard InChI is InChI=1S/C16H22O4/c1-8(2)15-9(3)10-4-12(15)13(5-10)16(18)20-11-6-14(17)19-7-11/h9-13,15H,1,4-7H2,2-3H3/t9-,10?,11?,12?,13?,15?/m1/s1. The van der Waals surface area contributed by atoms with E-state index in [1.54, 1.807) is 0 Å². The van der Waals surface area contributed by atoms with Crippen LogP contribution in [0.4, 0.5) is 0 Å². The van der Waals surface area contributed by atoms with E-state index in [1.807, 2.05) is 0 Å². The van der Waals surface area contributed by atoms with Crippen molar-refractivity contribution in [3.8, 4) is 0 Å². The zero-order valence-electron chi connectivity index (χ0n) is 12.1. The smallest absolute Gasteiger partial charge is 0.309 e. The van der Waals surface area contributed by atoms with E-state index in [2.05, 4.69) is 20.4 Å². The van der Waals surface area contributed by atoms with Crippen molar-refractivity contribution >= 4 is 11.9 Å². The number of ether oxygens (including phenoxy) is 2. The topological polar surface area (TPSA) is 52.6 Å². The molecule has 1 aliphatic heterocycles. The van der Waals surface area contributed by atoms with Crippen LogP contribution in [0, 0.1) is 29.6 Å². The van der Waals surface area contributed by atoms with Crippen LogP contribution in [0.2, 0.25) is 0 Å². The Bertz CT molecular complexity index is 455. The average molecular weight is 278 g/mol. The number of hydrogen-bond donors (Lipinski definition) is 0. The largest absolute Gasteiger partial charge is 0.462 e. The van der Waals surface area contributed by atoms with Gasteiger partial charge in [-0.25, -0.2) is 0 Å². The van der Waals surface area contributed by atoms with Gasteiger partial charge in [0.1, 0.15) is 12.7 Å². The fraction of sp³-hybridized carbons (Fsp3) is 0.750. The molecule has 0 spiro atoms. The van der Waals surface area contributed by atoms with Crippen molar-refractivity contribution < 1.29 is 19.1 Å². The molecule has 2 bridgehead atoms. The number of cyclic esters (lactones) is 1. The van der Waals surface area contributed by atoms with Crippen molar-refractivity contribution in [3.05, 3.63) is 12.2 Å². The van der Waals surface area contributed by atoms with E-state index in [1.165, 1.54) is 5.57 Å². The van der Waals surface area contributed by atoms with Gasteiger partial charge in [-0.3, -0.25) is 9.59 Å². The number of esters is 2. The fourth-order valence-electron chi connectivity index (χ4n) is 4.52. The molecule has 0 aromatic carbocycles. The summed E-state index contributed by atoms with van der Waals surface area (Å²) in [5.74, 6) is 1.61. The molecule has 0 aromatic heterocycles. The molecule has 20 heavy (non-hydrogen) atoms. The lowest BCUT2D eigenvalue weighted by Gasteiger charge is -2.33. The zero-order valence-corrected chi connectivity index (χ0v) is 12.1. The molecule has 110 valence electrons. The summed E-state index contributed by atoms with van der Waals surface area (Å²) in [6.45, 7) is 8.65. The number of carbonyl (C=O) groups excluding carboxylic acids is 2. The molecule has 6 atom stereocenters. The summed E-state index contributed by atoms with van der Waals surface area (Å²) in [7, 11) is 0. The first-order chi connectivity index (χ1) is 9.47. The van der Waals surface area contributed by atoms with Crippen molar-refractivity contribution in [2.45, 2.75) is 39.2 Å². The van der Waals surface area contributed by atoms with E-state index in [-0.39, 0.29) is 37.0 Å². The van der Waals surface area contributed by atoms with Gasteiger partial charge in [-0.1, -0.05) is 19.1 Å². The lowest BCUT2D eigenvalue weighted by molar-refractivity contribution is -0.156. The number of hydrogen-bond acceptors (Lipinski definition) is 4. The molecule has 0 aromatic rings.